The SMILES string of the molecule is CCC(C)c1nc(N)c2c3c(sc2n1)CCCC3. The van der Waals surface area contributed by atoms with Crippen LogP contribution in [0.1, 0.15) is 55.3 Å². The molecule has 96 valence electrons. The lowest BCUT2D eigenvalue weighted by Crippen LogP contribution is -2.04. The highest BCUT2D eigenvalue weighted by atomic mass is 32.1. The molecule has 0 spiro atoms. The Morgan fingerprint density at radius 3 is 2.83 bits per heavy atom. The molecule has 0 aliphatic heterocycles. The normalized spacial score (nSPS) is 16.8. The first-order chi connectivity index (χ1) is 8.70. The summed E-state index contributed by atoms with van der Waals surface area (Å²) in [5.74, 6) is 1.98. The summed E-state index contributed by atoms with van der Waals surface area (Å²) < 4.78 is 0. The molecule has 0 amide bonds. The van der Waals surface area contributed by atoms with E-state index < -0.39 is 0 Å². The minimum absolute atomic E-state index is 0.385. The van der Waals surface area contributed by atoms with Gasteiger partial charge in [-0.3, -0.25) is 0 Å². The van der Waals surface area contributed by atoms with Crippen molar-refractivity contribution in [3.8, 4) is 0 Å². The highest BCUT2D eigenvalue weighted by molar-refractivity contribution is 7.19. The van der Waals surface area contributed by atoms with E-state index in [1.165, 1.54) is 29.7 Å². The third-order valence-electron chi connectivity index (χ3n) is 3.91. The first-order valence-corrected chi connectivity index (χ1v) is 7.60. The molecule has 1 aliphatic carbocycles. The second-order valence-corrected chi connectivity index (χ2v) is 6.25. The third kappa shape index (κ3) is 1.79. The van der Waals surface area contributed by atoms with Crippen LogP contribution in [-0.2, 0) is 12.8 Å². The maximum atomic E-state index is 6.17. The summed E-state index contributed by atoms with van der Waals surface area (Å²) in [4.78, 5) is 11.9. The number of aryl methyl sites for hydroxylation is 2. The fraction of sp³-hybridized carbons (Fsp3) is 0.571. The Bertz CT molecular complexity index is 588. The van der Waals surface area contributed by atoms with Crippen molar-refractivity contribution in [1.29, 1.82) is 0 Å². The van der Waals surface area contributed by atoms with Crippen LogP contribution in [0.15, 0.2) is 0 Å². The molecule has 2 aromatic rings. The van der Waals surface area contributed by atoms with E-state index in [-0.39, 0.29) is 0 Å². The lowest BCUT2D eigenvalue weighted by Gasteiger charge is -2.11. The molecule has 0 saturated carbocycles. The lowest BCUT2D eigenvalue weighted by molar-refractivity contribution is 0.684. The molecule has 3 nitrogen and oxygen atoms in total. The van der Waals surface area contributed by atoms with Gasteiger partial charge in [-0.25, -0.2) is 9.97 Å². The number of rotatable bonds is 2. The Kier molecular flexibility index (Phi) is 2.98. The van der Waals surface area contributed by atoms with E-state index in [4.69, 9.17) is 10.7 Å². The molecule has 0 bridgehead atoms. The van der Waals surface area contributed by atoms with Gasteiger partial charge < -0.3 is 5.73 Å². The van der Waals surface area contributed by atoms with Gasteiger partial charge in [-0.05, 0) is 37.7 Å². The number of hydrogen-bond donors (Lipinski definition) is 1. The predicted octanol–water partition coefficient (Wildman–Crippen LogP) is 3.67. The summed E-state index contributed by atoms with van der Waals surface area (Å²) in [5, 5.41) is 1.14. The van der Waals surface area contributed by atoms with Crippen LogP contribution in [0.5, 0.6) is 0 Å². The molecule has 1 aliphatic rings. The smallest absolute Gasteiger partial charge is 0.136 e. The minimum Gasteiger partial charge on any atom is -0.383 e. The van der Waals surface area contributed by atoms with Crippen LogP contribution in [0.2, 0.25) is 0 Å². The molecule has 1 atom stereocenters. The van der Waals surface area contributed by atoms with Gasteiger partial charge in [0.15, 0.2) is 0 Å². The molecular formula is C14H19N3S. The van der Waals surface area contributed by atoms with E-state index in [1.54, 1.807) is 0 Å². The Balaban J connectivity index is 2.20. The zero-order valence-corrected chi connectivity index (χ0v) is 11.8. The van der Waals surface area contributed by atoms with Crippen molar-refractivity contribution < 1.29 is 0 Å². The Morgan fingerprint density at radius 2 is 2.06 bits per heavy atom. The molecule has 2 heterocycles. The average Bonchev–Trinajstić information content (AvgIpc) is 2.76. The zero-order chi connectivity index (χ0) is 12.7. The fourth-order valence-corrected chi connectivity index (χ4v) is 3.88. The van der Waals surface area contributed by atoms with Gasteiger partial charge >= 0.3 is 0 Å². The molecule has 0 radical (unpaired) electrons. The quantitative estimate of drug-likeness (QED) is 0.897. The van der Waals surface area contributed by atoms with Gasteiger partial charge in [0.1, 0.15) is 16.5 Å². The summed E-state index contributed by atoms with van der Waals surface area (Å²) in [6.45, 7) is 4.32. The Labute approximate surface area is 111 Å². The lowest BCUT2D eigenvalue weighted by atomic mass is 9.97. The highest BCUT2D eigenvalue weighted by Gasteiger charge is 2.20. The second kappa shape index (κ2) is 4.50. The van der Waals surface area contributed by atoms with Gasteiger partial charge in [-0.15, -0.1) is 11.3 Å². The first kappa shape index (κ1) is 11.9. The van der Waals surface area contributed by atoms with Crippen LogP contribution in [0.3, 0.4) is 0 Å². The van der Waals surface area contributed by atoms with Gasteiger partial charge in [0, 0.05) is 10.8 Å². The summed E-state index contributed by atoms with van der Waals surface area (Å²) in [7, 11) is 0. The van der Waals surface area contributed by atoms with Crippen LogP contribution >= 0.6 is 11.3 Å². The molecule has 1 unspecified atom stereocenters. The summed E-state index contributed by atoms with van der Waals surface area (Å²) in [6, 6.07) is 0. The molecule has 18 heavy (non-hydrogen) atoms. The Hall–Kier alpha value is -1.16. The van der Waals surface area contributed by atoms with Gasteiger partial charge in [-0.2, -0.15) is 0 Å². The summed E-state index contributed by atoms with van der Waals surface area (Å²) in [5.41, 5.74) is 7.60. The van der Waals surface area contributed by atoms with E-state index in [9.17, 15) is 0 Å². The maximum Gasteiger partial charge on any atom is 0.136 e. The fourth-order valence-electron chi connectivity index (χ4n) is 2.61. The molecule has 2 N–H and O–H groups in total. The monoisotopic (exact) mass is 261 g/mol. The van der Waals surface area contributed by atoms with Gasteiger partial charge in [0.2, 0.25) is 0 Å². The van der Waals surface area contributed by atoms with Crippen molar-refractivity contribution in [3.05, 3.63) is 16.3 Å². The first-order valence-electron chi connectivity index (χ1n) is 6.78. The van der Waals surface area contributed by atoms with E-state index in [1.807, 2.05) is 11.3 Å². The number of thiophene rings is 1. The van der Waals surface area contributed by atoms with Crippen LogP contribution in [0.25, 0.3) is 10.2 Å². The summed E-state index contributed by atoms with van der Waals surface area (Å²) >= 11 is 1.82. The molecule has 0 saturated heterocycles. The molecule has 0 fully saturated rings. The van der Waals surface area contributed by atoms with Gasteiger partial charge in [-0.1, -0.05) is 13.8 Å². The van der Waals surface area contributed by atoms with E-state index in [0.29, 0.717) is 11.7 Å². The zero-order valence-electron chi connectivity index (χ0n) is 11.0. The number of aromatic nitrogens is 2. The minimum atomic E-state index is 0.385. The molecule has 3 rings (SSSR count). The highest BCUT2D eigenvalue weighted by Crippen LogP contribution is 2.38. The van der Waals surface area contributed by atoms with E-state index in [0.717, 1.165) is 28.9 Å². The second-order valence-electron chi connectivity index (χ2n) is 5.17. The topological polar surface area (TPSA) is 51.8 Å². The molecular weight excluding hydrogens is 242 g/mol. The molecule has 2 aromatic heterocycles. The molecule has 4 heteroatoms. The standard InChI is InChI=1S/C14H19N3S/c1-3-8(2)13-16-12(15)11-9-6-4-5-7-10(9)18-14(11)17-13/h8H,3-7H2,1-2H3,(H2,15,16,17). The van der Waals surface area contributed by atoms with Crippen molar-refractivity contribution in [1.82, 2.24) is 9.97 Å². The molecule has 0 aromatic carbocycles. The number of hydrogen-bond acceptors (Lipinski definition) is 4. The van der Waals surface area contributed by atoms with Crippen molar-refractivity contribution in [2.24, 2.45) is 0 Å². The van der Waals surface area contributed by atoms with Crippen LogP contribution in [-0.4, -0.2) is 9.97 Å². The van der Waals surface area contributed by atoms with Crippen molar-refractivity contribution >= 4 is 27.4 Å². The number of fused-ring (bicyclic) bond motifs is 3. The number of nitrogens with two attached hydrogens (primary N) is 1. The van der Waals surface area contributed by atoms with E-state index in [2.05, 4.69) is 18.8 Å². The van der Waals surface area contributed by atoms with Crippen LogP contribution in [0.4, 0.5) is 5.82 Å². The van der Waals surface area contributed by atoms with Gasteiger partial charge in [0.25, 0.3) is 0 Å². The van der Waals surface area contributed by atoms with E-state index >= 15 is 0 Å². The predicted molar refractivity (Wildman–Crippen MR) is 77.2 cm³/mol. The van der Waals surface area contributed by atoms with Crippen molar-refractivity contribution in [3.63, 3.8) is 0 Å². The largest absolute Gasteiger partial charge is 0.383 e. The van der Waals surface area contributed by atoms with Crippen molar-refractivity contribution in [2.45, 2.75) is 51.9 Å². The van der Waals surface area contributed by atoms with Crippen molar-refractivity contribution in [2.75, 3.05) is 5.73 Å². The third-order valence-corrected chi connectivity index (χ3v) is 5.10. The van der Waals surface area contributed by atoms with Crippen LogP contribution < -0.4 is 5.73 Å². The average molecular weight is 261 g/mol. The Morgan fingerprint density at radius 1 is 1.28 bits per heavy atom. The number of anilines is 1. The summed E-state index contributed by atoms with van der Waals surface area (Å²) in [6.07, 6.45) is 5.95. The van der Waals surface area contributed by atoms with Gasteiger partial charge in [0.05, 0.1) is 5.39 Å². The number of nitrogens with zero attached hydrogens (tertiary/aromatic N) is 2. The number of nitrogen functional groups attached to an aromatic ring is 1. The maximum absolute atomic E-state index is 6.17. The van der Waals surface area contributed by atoms with Crippen LogP contribution in [0, 0.1) is 0 Å².